The van der Waals surface area contributed by atoms with Crippen LogP contribution in [0.15, 0.2) is 24.3 Å². The predicted octanol–water partition coefficient (Wildman–Crippen LogP) is 2.29. The number of imide groups is 1. The Labute approximate surface area is 176 Å². The number of hydrogen-bond acceptors (Lipinski definition) is 4. The lowest BCUT2D eigenvalue weighted by atomic mass is 9.98. The van der Waals surface area contributed by atoms with Gasteiger partial charge in [0.25, 0.3) is 5.91 Å². The highest BCUT2D eigenvalue weighted by atomic mass is 19.1. The molecule has 8 heteroatoms. The van der Waals surface area contributed by atoms with E-state index in [9.17, 15) is 18.8 Å². The van der Waals surface area contributed by atoms with Gasteiger partial charge in [-0.05, 0) is 37.5 Å². The molecule has 1 saturated carbocycles. The Bertz CT molecular complexity index is 831. The second kappa shape index (κ2) is 8.34. The van der Waals surface area contributed by atoms with E-state index in [0.29, 0.717) is 39.0 Å². The molecule has 3 aliphatic rings. The van der Waals surface area contributed by atoms with Crippen LogP contribution < -0.4 is 5.32 Å². The molecule has 1 spiro atoms. The van der Waals surface area contributed by atoms with E-state index in [0.717, 1.165) is 18.4 Å². The maximum Gasteiger partial charge on any atom is 0.325 e. The SMILES string of the molecule is C[C@H](c1cccc(F)c1)N1CCN(C(=O)CCN2C(=O)NC3(CCCC3)C2=O)CC1. The number of urea groups is 1. The van der Waals surface area contributed by atoms with Crippen LogP contribution in [0.5, 0.6) is 0 Å². The average Bonchev–Trinajstić information content (AvgIpc) is 3.31. The van der Waals surface area contributed by atoms with Gasteiger partial charge in [0.2, 0.25) is 5.91 Å². The highest BCUT2D eigenvalue weighted by Crippen LogP contribution is 2.35. The van der Waals surface area contributed by atoms with Crippen LogP contribution in [0.2, 0.25) is 0 Å². The van der Waals surface area contributed by atoms with Crippen LogP contribution in [0.25, 0.3) is 0 Å². The van der Waals surface area contributed by atoms with Crippen molar-refractivity contribution < 1.29 is 18.8 Å². The van der Waals surface area contributed by atoms with E-state index in [4.69, 9.17) is 0 Å². The third kappa shape index (κ3) is 3.93. The van der Waals surface area contributed by atoms with Crippen molar-refractivity contribution in [3.05, 3.63) is 35.6 Å². The molecule has 30 heavy (non-hydrogen) atoms. The van der Waals surface area contributed by atoms with Gasteiger partial charge in [-0.3, -0.25) is 19.4 Å². The molecule has 1 aromatic carbocycles. The summed E-state index contributed by atoms with van der Waals surface area (Å²) in [6.07, 6.45) is 3.41. The van der Waals surface area contributed by atoms with Crippen LogP contribution in [0.4, 0.5) is 9.18 Å². The summed E-state index contributed by atoms with van der Waals surface area (Å²) < 4.78 is 13.5. The molecule has 1 aliphatic carbocycles. The summed E-state index contributed by atoms with van der Waals surface area (Å²) in [5, 5.41) is 2.85. The summed E-state index contributed by atoms with van der Waals surface area (Å²) in [7, 11) is 0. The number of hydrogen-bond donors (Lipinski definition) is 1. The number of piperazine rings is 1. The highest BCUT2D eigenvalue weighted by molar-refractivity contribution is 6.07. The summed E-state index contributed by atoms with van der Waals surface area (Å²) in [5.74, 6) is -0.458. The standard InChI is InChI=1S/C22H29FN4O3/c1-16(17-5-4-6-18(23)15-17)25-11-13-26(14-12-25)19(28)7-10-27-20(29)22(24-21(27)30)8-2-3-9-22/h4-6,15-16H,2-3,7-14H2,1H3,(H,24,30)/t16-/m1/s1. The first kappa shape index (κ1) is 20.8. The molecule has 2 heterocycles. The highest BCUT2D eigenvalue weighted by Gasteiger charge is 2.52. The maximum atomic E-state index is 13.5. The number of amides is 4. The first-order valence-corrected chi connectivity index (χ1v) is 10.8. The van der Waals surface area contributed by atoms with Crippen LogP contribution in [0.1, 0.15) is 50.6 Å². The lowest BCUT2D eigenvalue weighted by molar-refractivity contribution is -0.135. The number of rotatable bonds is 5. The van der Waals surface area contributed by atoms with Crippen LogP contribution in [-0.2, 0) is 9.59 Å². The number of carbonyl (C=O) groups is 3. The molecule has 3 fully saturated rings. The Morgan fingerprint density at radius 3 is 2.53 bits per heavy atom. The van der Waals surface area contributed by atoms with Gasteiger partial charge in [-0.15, -0.1) is 0 Å². The Hall–Kier alpha value is -2.48. The van der Waals surface area contributed by atoms with E-state index >= 15 is 0 Å². The molecule has 7 nitrogen and oxygen atoms in total. The minimum Gasteiger partial charge on any atom is -0.340 e. The third-order valence-electron chi connectivity index (χ3n) is 6.80. The molecule has 162 valence electrons. The minimum atomic E-state index is -0.723. The zero-order valence-corrected chi connectivity index (χ0v) is 17.4. The normalized spacial score (nSPS) is 22.6. The van der Waals surface area contributed by atoms with Crippen molar-refractivity contribution in [1.82, 2.24) is 20.0 Å². The van der Waals surface area contributed by atoms with Gasteiger partial charge in [0.1, 0.15) is 11.4 Å². The number of benzene rings is 1. The zero-order chi connectivity index (χ0) is 21.3. The topological polar surface area (TPSA) is 73.0 Å². The van der Waals surface area contributed by atoms with Gasteiger partial charge < -0.3 is 10.2 Å². The summed E-state index contributed by atoms with van der Waals surface area (Å²) in [6.45, 7) is 4.75. The van der Waals surface area contributed by atoms with Gasteiger partial charge in [0, 0.05) is 45.2 Å². The van der Waals surface area contributed by atoms with Crippen molar-refractivity contribution in [3.8, 4) is 0 Å². The molecule has 0 bridgehead atoms. The summed E-state index contributed by atoms with van der Waals surface area (Å²) >= 11 is 0. The van der Waals surface area contributed by atoms with Gasteiger partial charge in [-0.2, -0.15) is 0 Å². The molecule has 1 atom stereocenters. The van der Waals surface area contributed by atoms with Crippen molar-refractivity contribution in [2.45, 2.75) is 50.6 Å². The number of carbonyl (C=O) groups excluding carboxylic acids is 3. The summed E-state index contributed by atoms with van der Waals surface area (Å²) in [6, 6.07) is 6.33. The first-order valence-electron chi connectivity index (χ1n) is 10.8. The monoisotopic (exact) mass is 416 g/mol. The second-order valence-corrected chi connectivity index (χ2v) is 8.57. The quantitative estimate of drug-likeness (QED) is 0.748. The molecule has 0 aromatic heterocycles. The van der Waals surface area contributed by atoms with Crippen molar-refractivity contribution in [2.75, 3.05) is 32.7 Å². The van der Waals surface area contributed by atoms with E-state index in [-0.39, 0.29) is 42.7 Å². The molecule has 4 amide bonds. The summed E-state index contributed by atoms with van der Waals surface area (Å²) in [4.78, 5) is 42.8. The largest absolute Gasteiger partial charge is 0.340 e. The van der Waals surface area contributed by atoms with Gasteiger partial charge in [-0.25, -0.2) is 9.18 Å². The Morgan fingerprint density at radius 1 is 1.17 bits per heavy atom. The molecular weight excluding hydrogens is 387 g/mol. The Kier molecular flexibility index (Phi) is 5.77. The fourth-order valence-electron chi connectivity index (χ4n) is 4.90. The molecule has 4 rings (SSSR count). The molecule has 1 aromatic rings. The molecule has 2 aliphatic heterocycles. The fraction of sp³-hybridized carbons (Fsp3) is 0.591. The van der Waals surface area contributed by atoms with Gasteiger partial charge >= 0.3 is 6.03 Å². The minimum absolute atomic E-state index is 0.0407. The van der Waals surface area contributed by atoms with Crippen molar-refractivity contribution >= 4 is 17.8 Å². The van der Waals surface area contributed by atoms with E-state index in [1.165, 1.54) is 11.0 Å². The lowest BCUT2D eigenvalue weighted by Crippen LogP contribution is -2.50. The zero-order valence-electron chi connectivity index (χ0n) is 17.4. The predicted molar refractivity (Wildman–Crippen MR) is 109 cm³/mol. The first-order chi connectivity index (χ1) is 14.4. The van der Waals surface area contributed by atoms with Gasteiger partial charge in [-0.1, -0.05) is 25.0 Å². The number of nitrogens with one attached hydrogen (secondary N) is 1. The van der Waals surface area contributed by atoms with E-state index in [1.54, 1.807) is 17.0 Å². The Morgan fingerprint density at radius 2 is 1.87 bits per heavy atom. The van der Waals surface area contributed by atoms with Crippen molar-refractivity contribution in [3.63, 3.8) is 0 Å². The van der Waals surface area contributed by atoms with Crippen molar-refractivity contribution in [1.29, 1.82) is 0 Å². The van der Waals surface area contributed by atoms with E-state index in [2.05, 4.69) is 10.2 Å². The molecule has 2 saturated heterocycles. The van der Waals surface area contributed by atoms with Crippen molar-refractivity contribution in [2.24, 2.45) is 0 Å². The van der Waals surface area contributed by atoms with E-state index in [1.807, 2.05) is 13.0 Å². The van der Waals surface area contributed by atoms with E-state index < -0.39 is 5.54 Å². The Balaban J connectivity index is 1.27. The van der Waals surface area contributed by atoms with Crippen LogP contribution in [0, 0.1) is 5.82 Å². The summed E-state index contributed by atoms with van der Waals surface area (Å²) in [5.41, 5.74) is 0.202. The lowest BCUT2D eigenvalue weighted by Gasteiger charge is -2.38. The van der Waals surface area contributed by atoms with Crippen LogP contribution in [-0.4, -0.2) is 70.8 Å². The van der Waals surface area contributed by atoms with Crippen LogP contribution in [0.3, 0.4) is 0 Å². The molecular formula is C22H29FN4O3. The van der Waals surface area contributed by atoms with Gasteiger partial charge in [0.15, 0.2) is 0 Å². The number of halogens is 1. The fourth-order valence-corrected chi connectivity index (χ4v) is 4.90. The molecule has 0 unspecified atom stereocenters. The maximum absolute atomic E-state index is 13.5. The molecule has 1 N–H and O–H groups in total. The number of nitrogens with zero attached hydrogens (tertiary/aromatic N) is 3. The average molecular weight is 416 g/mol. The molecule has 0 radical (unpaired) electrons. The van der Waals surface area contributed by atoms with Gasteiger partial charge in [0.05, 0.1) is 0 Å². The third-order valence-corrected chi connectivity index (χ3v) is 6.80. The second-order valence-electron chi connectivity index (χ2n) is 8.57. The smallest absolute Gasteiger partial charge is 0.325 e. The van der Waals surface area contributed by atoms with Crippen LogP contribution >= 0.6 is 0 Å².